The maximum absolute atomic E-state index is 13.3. The van der Waals surface area contributed by atoms with Gasteiger partial charge in [0, 0.05) is 13.2 Å². The predicted molar refractivity (Wildman–Crippen MR) is 64.2 cm³/mol. The van der Waals surface area contributed by atoms with Gasteiger partial charge in [-0.2, -0.15) is 0 Å². The molecule has 0 saturated carbocycles. The Bertz CT molecular complexity index is 410. The van der Waals surface area contributed by atoms with Crippen LogP contribution in [0.25, 0.3) is 0 Å². The van der Waals surface area contributed by atoms with Crippen molar-refractivity contribution in [1.82, 2.24) is 5.32 Å². The van der Waals surface area contributed by atoms with Crippen molar-refractivity contribution >= 4 is 5.91 Å². The summed E-state index contributed by atoms with van der Waals surface area (Å²) in [7, 11) is 0. The van der Waals surface area contributed by atoms with E-state index >= 15 is 0 Å². The Kier molecular flexibility index (Phi) is 5.71. The van der Waals surface area contributed by atoms with E-state index in [0.717, 1.165) is 24.6 Å². The Morgan fingerprint density at radius 1 is 1.44 bits per heavy atom. The molecule has 18 heavy (non-hydrogen) atoms. The largest absolute Gasteiger partial charge is 0.396 e. The minimum Gasteiger partial charge on any atom is -0.396 e. The summed E-state index contributed by atoms with van der Waals surface area (Å²) in [6.45, 7) is 2.37. The van der Waals surface area contributed by atoms with E-state index in [1.165, 1.54) is 0 Å². The maximum atomic E-state index is 13.3. The van der Waals surface area contributed by atoms with E-state index in [-0.39, 0.29) is 18.1 Å². The summed E-state index contributed by atoms with van der Waals surface area (Å²) in [6.07, 6.45) is 1.45. The van der Waals surface area contributed by atoms with Crippen LogP contribution in [0.4, 0.5) is 8.78 Å². The van der Waals surface area contributed by atoms with Crippen molar-refractivity contribution in [2.24, 2.45) is 5.92 Å². The first-order chi connectivity index (χ1) is 8.54. The van der Waals surface area contributed by atoms with Crippen molar-refractivity contribution in [3.05, 3.63) is 35.4 Å². The number of amides is 1. The van der Waals surface area contributed by atoms with Crippen LogP contribution in [-0.2, 0) is 0 Å². The van der Waals surface area contributed by atoms with E-state index in [2.05, 4.69) is 5.32 Å². The van der Waals surface area contributed by atoms with Crippen LogP contribution in [-0.4, -0.2) is 24.2 Å². The van der Waals surface area contributed by atoms with Crippen LogP contribution in [0.2, 0.25) is 0 Å². The molecule has 1 aromatic carbocycles. The Hall–Kier alpha value is -1.49. The normalized spacial score (nSPS) is 12.2. The summed E-state index contributed by atoms with van der Waals surface area (Å²) in [5.74, 6) is -1.83. The van der Waals surface area contributed by atoms with Crippen LogP contribution < -0.4 is 5.32 Å². The molecule has 0 radical (unpaired) electrons. The number of rotatable bonds is 6. The summed E-state index contributed by atoms with van der Waals surface area (Å²) in [5, 5.41) is 11.3. The topological polar surface area (TPSA) is 49.3 Å². The molecular formula is C13H17F2NO2. The van der Waals surface area contributed by atoms with Crippen LogP contribution in [0, 0.1) is 17.6 Å². The van der Waals surface area contributed by atoms with Gasteiger partial charge in [-0.05, 0) is 37.0 Å². The number of aliphatic hydroxyl groups excluding tert-OH is 1. The molecule has 1 unspecified atom stereocenters. The molecule has 0 aromatic heterocycles. The lowest BCUT2D eigenvalue weighted by Crippen LogP contribution is -2.26. The third-order valence-electron chi connectivity index (χ3n) is 2.64. The van der Waals surface area contributed by atoms with E-state index in [0.29, 0.717) is 13.0 Å². The second kappa shape index (κ2) is 7.06. The molecule has 0 aliphatic heterocycles. The van der Waals surface area contributed by atoms with Crippen LogP contribution in [0.1, 0.15) is 30.1 Å². The van der Waals surface area contributed by atoms with Gasteiger partial charge in [0.05, 0.1) is 5.56 Å². The molecule has 0 fully saturated rings. The summed E-state index contributed by atoms with van der Waals surface area (Å²) < 4.78 is 26.1. The molecule has 0 heterocycles. The molecule has 0 bridgehead atoms. The van der Waals surface area contributed by atoms with Crippen LogP contribution >= 0.6 is 0 Å². The zero-order chi connectivity index (χ0) is 13.5. The molecule has 100 valence electrons. The fourth-order valence-corrected chi connectivity index (χ4v) is 1.51. The Balaban J connectivity index is 2.43. The number of halogens is 2. The molecule has 1 aromatic rings. The van der Waals surface area contributed by atoms with Gasteiger partial charge in [0.1, 0.15) is 11.6 Å². The summed E-state index contributed by atoms with van der Waals surface area (Å²) in [6, 6.07) is 2.77. The quantitative estimate of drug-likeness (QED) is 0.767. The van der Waals surface area contributed by atoms with Crippen molar-refractivity contribution in [2.45, 2.75) is 19.8 Å². The highest BCUT2D eigenvalue weighted by molar-refractivity contribution is 5.94. The van der Waals surface area contributed by atoms with Crippen molar-refractivity contribution in [2.75, 3.05) is 13.2 Å². The highest BCUT2D eigenvalue weighted by atomic mass is 19.1. The van der Waals surface area contributed by atoms with Crippen molar-refractivity contribution < 1.29 is 18.7 Å². The van der Waals surface area contributed by atoms with Gasteiger partial charge in [0.2, 0.25) is 0 Å². The Morgan fingerprint density at radius 3 is 2.83 bits per heavy atom. The Morgan fingerprint density at radius 2 is 2.17 bits per heavy atom. The first-order valence-electron chi connectivity index (χ1n) is 5.88. The van der Waals surface area contributed by atoms with Crippen molar-refractivity contribution in [3.63, 3.8) is 0 Å². The molecule has 0 aliphatic rings. The Labute approximate surface area is 105 Å². The number of nitrogens with one attached hydrogen (secondary N) is 1. The fraction of sp³-hybridized carbons (Fsp3) is 0.462. The molecule has 1 rings (SSSR count). The van der Waals surface area contributed by atoms with Gasteiger partial charge in [-0.15, -0.1) is 0 Å². The van der Waals surface area contributed by atoms with Gasteiger partial charge in [-0.3, -0.25) is 4.79 Å². The molecule has 0 spiro atoms. The van der Waals surface area contributed by atoms with Gasteiger partial charge in [-0.25, -0.2) is 8.78 Å². The van der Waals surface area contributed by atoms with Crippen molar-refractivity contribution in [1.29, 1.82) is 0 Å². The van der Waals surface area contributed by atoms with E-state index < -0.39 is 17.5 Å². The zero-order valence-corrected chi connectivity index (χ0v) is 10.2. The third-order valence-corrected chi connectivity index (χ3v) is 2.64. The minimum atomic E-state index is -0.738. The second-order valence-corrected chi connectivity index (χ2v) is 4.31. The van der Waals surface area contributed by atoms with Gasteiger partial charge in [0.15, 0.2) is 0 Å². The predicted octanol–water partition coefficient (Wildman–Crippen LogP) is 2.10. The maximum Gasteiger partial charge on any atom is 0.254 e. The molecule has 2 N–H and O–H groups in total. The fourth-order valence-electron chi connectivity index (χ4n) is 1.51. The van der Waals surface area contributed by atoms with Gasteiger partial charge < -0.3 is 10.4 Å². The lowest BCUT2D eigenvalue weighted by molar-refractivity contribution is 0.0947. The number of benzene rings is 1. The summed E-state index contributed by atoms with van der Waals surface area (Å²) in [4.78, 5) is 11.6. The minimum absolute atomic E-state index is 0.104. The average molecular weight is 257 g/mol. The van der Waals surface area contributed by atoms with E-state index in [1.54, 1.807) is 0 Å². The number of hydrogen-bond donors (Lipinski definition) is 2. The van der Waals surface area contributed by atoms with E-state index in [4.69, 9.17) is 5.11 Å². The zero-order valence-electron chi connectivity index (χ0n) is 10.2. The highest BCUT2D eigenvalue weighted by Crippen LogP contribution is 2.09. The number of hydrogen-bond acceptors (Lipinski definition) is 2. The lowest BCUT2D eigenvalue weighted by Gasteiger charge is -2.09. The van der Waals surface area contributed by atoms with Gasteiger partial charge in [0.25, 0.3) is 5.91 Å². The molecular weight excluding hydrogens is 240 g/mol. The molecule has 5 heteroatoms. The molecule has 1 atom stereocenters. The number of carbonyl (C=O) groups is 1. The van der Waals surface area contributed by atoms with Gasteiger partial charge in [-0.1, -0.05) is 6.92 Å². The standard InChI is InChI=1S/C13H17F2NO2/c1-9(8-17)3-2-6-16-13(18)11-7-10(14)4-5-12(11)15/h4-5,7,9,17H,2-3,6,8H2,1H3,(H,16,18). The third kappa shape index (κ3) is 4.41. The first kappa shape index (κ1) is 14.6. The highest BCUT2D eigenvalue weighted by Gasteiger charge is 2.12. The summed E-state index contributed by atoms with van der Waals surface area (Å²) >= 11 is 0. The van der Waals surface area contributed by atoms with E-state index in [1.807, 2.05) is 6.92 Å². The number of carbonyl (C=O) groups excluding carboxylic acids is 1. The monoisotopic (exact) mass is 257 g/mol. The number of aliphatic hydroxyl groups is 1. The summed E-state index contributed by atoms with van der Waals surface area (Å²) in [5.41, 5.74) is -0.287. The molecule has 0 aliphatic carbocycles. The first-order valence-corrected chi connectivity index (χ1v) is 5.88. The van der Waals surface area contributed by atoms with Gasteiger partial charge >= 0.3 is 0 Å². The smallest absolute Gasteiger partial charge is 0.254 e. The van der Waals surface area contributed by atoms with E-state index in [9.17, 15) is 13.6 Å². The molecule has 3 nitrogen and oxygen atoms in total. The van der Waals surface area contributed by atoms with Crippen molar-refractivity contribution in [3.8, 4) is 0 Å². The van der Waals surface area contributed by atoms with Crippen LogP contribution in [0.3, 0.4) is 0 Å². The average Bonchev–Trinajstić information content (AvgIpc) is 2.36. The lowest BCUT2D eigenvalue weighted by atomic mass is 10.1. The molecule has 1 amide bonds. The van der Waals surface area contributed by atoms with Crippen LogP contribution in [0.15, 0.2) is 18.2 Å². The van der Waals surface area contributed by atoms with Crippen LogP contribution in [0.5, 0.6) is 0 Å². The SMILES string of the molecule is CC(CO)CCCNC(=O)c1cc(F)ccc1F. The molecule has 0 saturated heterocycles. The second-order valence-electron chi connectivity index (χ2n) is 4.31.